The standard InChI is InChI=1S/C19H31N3O2S.HI/c1-5-20-18(22-13-6-7-14-22)21-12-15-25(23,24)17-10-8-16(9-11-17)19(2,3)4;/h8-11H,5-7,12-15H2,1-4H3,(H,20,21);1H. The molecule has 1 fully saturated rings. The second-order valence-electron chi connectivity index (χ2n) is 7.52. The van der Waals surface area contributed by atoms with E-state index in [2.05, 4.69) is 36.0 Å². The van der Waals surface area contributed by atoms with E-state index < -0.39 is 9.84 Å². The maximum atomic E-state index is 12.6. The Bertz CT molecular complexity index is 688. The molecule has 2 rings (SSSR count). The summed E-state index contributed by atoms with van der Waals surface area (Å²) < 4.78 is 25.1. The van der Waals surface area contributed by atoms with Crippen LogP contribution in [0.5, 0.6) is 0 Å². The molecule has 1 N–H and O–H groups in total. The molecule has 0 bridgehead atoms. The predicted octanol–water partition coefficient (Wildman–Crippen LogP) is 3.44. The van der Waals surface area contributed by atoms with Crippen molar-refractivity contribution < 1.29 is 8.42 Å². The van der Waals surface area contributed by atoms with Gasteiger partial charge in [-0.25, -0.2) is 8.42 Å². The van der Waals surface area contributed by atoms with Gasteiger partial charge in [0.15, 0.2) is 15.8 Å². The minimum atomic E-state index is -3.31. The van der Waals surface area contributed by atoms with Crippen LogP contribution in [0, 0.1) is 0 Å². The van der Waals surface area contributed by atoms with E-state index in [1.807, 2.05) is 19.1 Å². The molecule has 148 valence electrons. The average Bonchev–Trinajstić information content (AvgIpc) is 3.07. The minimum Gasteiger partial charge on any atom is -0.357 e. The van der Waals surface area contributed by atoms with E-state index in [0.29, 0.717) is 4.90 Å². The Morgan fingerprint density at radius 2 is 1.73 bits per heavy atom. The van der Waals surface area contributed by atoms with Gasteiger partial charge >= 0.3 is 0 Å². The largest absolute Gasteiger partial charge is 0.357 e. The SMILES string of the molecule is CCNC(=NCCS(=O)(=O)c1ccc(C(C)(C)C)cc1)N1CCCC1.I. The molecule has 7 heteroatoms. The summed E-state index contributed by atoms with van der Waals surface area (Å²) in [6.45, 7) is 11.4. The molecule has 26 heavy (non-hydrogen) atoms. The Hall–Kier alpha value is -0.830. The predicted molar refractivity (Wildman–Crippen MR) is 119 cm³/mol. The van der Waals surface area contributed by atoms with Crippen LogP contribution in [0.1, 0.15) is 46.1 Å². The molecule has 1 aliphatic heterocycles. The summed E-state index contributed by atoms with van der Waals surface area (Å²) in [4.78, 5) is 7.09. The molecule has 0 saturated carbocycles. The highest BCUT2D eigenvalue weighted by molar-refractivity contribution is 14.0. The number of benzene rings is 1. The number of rotatable bonds is 5. The second kappa shape index (κ2) is 9.92. The molecule has 0 atom stereocenters. The number of nitrogens with zero attached hydrogens (tertiary/aromatic N) is 2. The second-order valence-corrected chi connectivity index (χ2v) is 9.63. The number of hydrogen-bond acceptors (Lipinski definition) is 3. The summed E-state index contributed by atoms with van der Waals surface area (Å²) in [5, 5.41) is 3.26. The van der Waals surface area contributed by atoms with Crippen molar-refractivity contribution in [3.8, 4) is 0 Å². The first-order chi connectivity index (χ1) is 11.7. The van der Waals surface area contributed by atoms with Gasteiger partial charge in [-0.3, -0.25) is 4.99 Å². The minimum absolute atomic E-state index is 0. The van der Waals surface area contributed by atoms with Gasteiger partial charge in [-0.05, 0) is 42.9 Å². The zero-order chi connectivity index (χ0) is 18.5. The number of aliphatic imine (C=N–C) groups is 1. The van der Waals surface area contributed by atoms with Crippen molar-refractivity contribution in [2.75, 3.05) is 31.9 Å². The van der Waals surface area contributed by atoms with Crippen LogP contribution in [0.4, 0.5) is 0 Å². The molecule has 0 aliphatic carbocycles. The fraction of sp³-hybridized carbons (Fsp3) is 0.632. The quantitative estimate of drug-likeness (QED) is 0.388. The van der Waals surface area contributed by atoms with Gasteiger partial charge in [0.2, 0.25) is 0 Å². The molecule has 0 aromatic heterocycles. The van der Waals surface area contributed by atoms with Crippen LogP contribution in [0.3, 0.4) is 0 Å². The molecule has 1 heterocycles. The first-order valence-electron chi connectivity index (χ1n) is 9.10. The van der Waals surface area contributed by atoms with Crippen molar-refractivity contribution in [3.63, 3.8) is 0 Å². The Labute approximate surface area is 175 Å². The molecule has 1 aromatic rings. The summed E-state index contributed by atoms with van der Waals surface area (Å²) in [6.07, 6.45) is 2.34. The summed E-state index contributed by atoms with van der Waals surface area (Å²) >= 11 is 0. The average molecular weight is 493 g/mol. The first-order valence-corrected chi connectivity index (χ1v) is 10.8. The lowest BCUT2D eigenvalue weighted by Crippen LogP contribution is -2.39. The molecule has 0 spiro atoms. The van der Waals surface area contributed by atoms with E-state index in [-0.39, 0.29) is 41.7 Å². The molecular weight excluding hydrogens is 461 g/mol. The first kappa shape index (κ1) is 23.2. The van der Waals surface area contributed by atoms with Gasteiger partial charge in [-0.15, -0.1) is 24.0 Å². The van der Waals surface area contributed by atoms with Crippen LogP contribution >= 0.6 is 24.0 Å². The Morgan fingerprint density at radius 3 is 2.23 bits per heavy atom. The molecule has 0 amide bonds. The lowest BCUT2D eigenvalue weighted by molar-refractivity contribution is 0.494. The molecule has 1 saturated heterocycles. The van der Waals surface area contributed by atoms with Gasteiger partial charge < -0.3 is 10.2 Å². The van der Waals surface area contributed by atoms with Crippen molar-refractivity contribution in [2.24, 2.45) is 4.99 Å². The van der Waals surface area contributed by atoms with Crippen LogP contribution in [-0.4, -0.2) is 51.2 Å². The van der Waals surface area contributed by atoms with Crippen molar-refractivity contribution in [3.05, 3.63) is 29.8 Å². The lowest BCUT2D eigenvalue weighted by atomic mass is 9.87. The third kappa shape index (κ3) is 6.40. The fourth-order valence-electron chi connectivity index (χ4n) is 2.91. The smallest absolute Gasteiger partial charge is 0.193 e. The van der Waals surface area contributed by atoms with E-state index >= 15 is 0 Å². The molecule has 0 unspecified atom stereocenters. The summed E-state index contributed by atoms with van der Waals surface area (Å²) in [6, 6.07) is 7.24. The van der Waals surface area contributed by atoms with Gasteiger partial charge in [-0.2, -0.15) is 0 Å². The van der Waals surface area contributed by atoms with Crippen molar-refractivity contribution in [2.45, 2.75) is 50.8 Å². The number of nitrogens with one attached hydrogen (secondary N) is 1. The number of halogens is 1. The highest BCUT2D eigenvalue weighted by Gasteiger charge is 2.19. The van der Waals surface area contributed by atoms with Gasteiger partial charge in [0.25, 0.3) is 0 Å². The van der Waals surface area contributed by atoms with Crippen LogP contribution in [0.15, 0.2) is 34.2 Å². The van der Waals surface area contributed by atoms with E-state index in [0.717, 1.165) is 31.2 Å². The van der Waals surface area contributed by atoms with Crippen LogP contribution in [0.2, 0.25) is 0 Å². The Morgan fingerprint density at radius 1 is 1.15 bits per heavy atom. The van der Waals surface area contributed by atoms with E-state index in [1.54, 1.807) is 12.1 Å². The molecule has 5 nitrogen and oxygen atoms in total. The van der Waals surface area contributed by atoms with Crippen molar-refractivity contribution in [1.29, 1.82) is 0 Å². The monoisotopic (exact) mass is 493 g/mol. The topological polar surface area (TPSA) is 61.8 Å². The zero-order valence-corrected chi connectivity index (χ0v) is 19.4. The lowest BCUT2D eigenvalue weighted by Gasteiger charge is -2.20. The number of sulfone groups is 1. The fourth-order valence-corrected chi connectivity index (χ4v) is 4.02. The van der Waals surface area contributed by atoms with Crippen LogP contribution in [0.25, 0.3) is 0 Å². The highest BCUT2D eigenvalue weighted by Crippen LogP contribution is 2.23. The van der Waals surface area contributed by atoms with E-state index in [1.165, 1.54) is 12.8 Å². The van der Waals surface area contributed by atoms with E-state index in [4.69, 9.17) is 0 Å². The normalized spacial score (nSPS) is 15.7. The van der Waals surface area contributed by atoms with Crippen molar-refractivity contribution >= 4 is 39.8 Å². The number of hydrogen-bond donors (Lipinski definition) is 1. The number of guanidine groups is 1. The Balaban J connectivity index is 0.00000338. The molecule has 1 aromatic carbocycles. The number of likely N-dealkylation sites (tertiary alicyclic amines) is 1. The third-order valence-electron chi connectivity index (χ3n) is 4.44. The summed E-state index contributed by atoms with van der Waals surface area (Å²) in [5.74, 6) is 0.864. The van der Waals surface area contributed by atoms with Crippen LogP contribution in [-0.2, 0) is 15.3 Å². The molecular formula is C19H32IN3O2S. The third-order valence-corrected chi connectivity index (χ3v) is 6.15. The van der Waals surface area contributed by atoms with Crippen LogP contribution < -0.4 is 5.32 Å². The van der Waals surface area contributed by atoms with Gasteiger partial charge in [0.1, 0.15) is 0 Å². The molecule has 1 aliphatic rings. The summed E-state index contributed by atoms with van der Waals surface area (Å²) in [7, 11) is -3.31. The Kier molecular flexibility index (Phi) is 8.85. The molecule has 0 radical (unpaired) electrons. The van der Waals surface area contributed by atoms with E-state index in [9.17, 15) is 8.42 Å². The summed E-state index contributed by atoms with van der Waals surface area (Å²) in [5.41, 5.74) is 1.15. The van der Waals surface area contributed by atoms with Gasteiger partial charge in [0, 0.05) is 19.6 Å². The highest BCUT2D eigenvalue weighted by atomic mass is 127. The zero-order valence-electron chi connectivity index (χ0n) is 16.3. The van der Waals surface area contributed by atoms with Gasteiger partial charge in [0.05, 0.1) is 17.2 Å². The maximum absolute atomic E-state index is 12.6. The van der Waals surface area contributed by atoms with Gasteiger partial charge in [-0.1, -0.05) is 32.9 Å². The maximum Gasteiger partial charge on any atom is 0.193 e. The van der Waals surface area contributed by atoms with Crippen molar-refractivity contribution in [1.82, 2.24) is 10.2 Å².